The molecule has 1 aliphatic rings. The minimum Gasteiger partial charge on any atom is -0.444 e. The summed E-state index contributed by atoms with van der Waals surface area (Å²) in [6, 6.07) is 8.61. The van der Waals surface area contributed by atoms with Crippen molar-refractivity contribution >= 4 is 0 Å². The van der Waals surface area contributed by atoms with Crippen molar-refractivity contribution in [2.75, 3.05) is 13.1 Å². The average Bonchev–Trinajstić information content (AvgIpc) is 2.87. The Morgan fingerprint density at radius 2 is 2.16 bits per heavy atom. The third kappa shape index (κ3) is 3.04. The fourth-order valence-corrected chi connectivity index (χ4v) is 2.70. The molecular formula is C16H20N2O. The average molecular weight is 256 g/mol. The summed E-state index contributed by atoms with van der Waals surface area (Å²) >= 11 is 0. The largest absolute Gasteiger partial charge is 0.444 e. The summed E-state index contributed by atoms with van der Waals surface area (Å²) in [6.07, 6.45) is 5.50. The Morgan fingerprint density at radius 1 is 1.32 bits per heavy atom. The van der Waals surface area contributed by atoms with Crippen molar-refractivity contribution in [3.63, 3.8) is 0 Å². The minimum atomic E-state index is 0.711. The van der Waals surface area contributed by atoms with E-state index < -0.39 is 0 Å². The Labute approximate surface area is 114 Å². The highest BCUT2D eigenvalue weighted by molar-refractivity contribution is 5.53. The fourth-order valence-electron chi connectivity index (χ4n) is 2.70. The molecule has 1 aromatic heterocycles. The third-order valence-corrected chi connectivity index (χ3v) is 3.74. The van der Waals surface area contributed by atoms with Gasteiger partial charge in [0.2, 0.25) is 5.89 Å². The van der Waals surface area contributed by atoms with Gasteiger partial charge in [0.15, 0.2) is 0 Å². The van der Waals surface area contributed by atoms with Gasteiger partial charge < -0.3 is 9.73 Å². The molecule has 3 heteroatoms. The summed E-state index contributed by atoms with van der Waals surface area (Å²) in [4.78, 5) is 4.35. The van der Waals surface area contributed by atoms with Crippen LogP contribution in [0.15, 0.2) is 34.9 Å². The highest BCUT2D eigenvalue weighted by atomic mass is 16.3. The van der Waals surface area contributed by atoms with E-state index in [1.807, 2.05) is 6.92 Å². The van der Waals surface area contributed by atoms with Crippen molar-refractivity contribution in [3.05, 3.63) is 41.8 Å². The van der Waals surface area contributed by atoms with Crippen LogP contribution in [-0.2, 0) is 6.42 Å². The summed E-state index contributed by atoms with van der Waals surface area (Å²) in [5, 5.41) is 3.47. The molecule has 1 unspecified atom stereocenters. The zero-order chi connectivity index (χ0) is 13.1. The van der Waals surface area contributed by atoms with Crippen molar-refractivity contribution in [1.82, 2.24) is 10.3 Å². The molecule has 1 N–H and O–H groups in total. The van der Waals surface area contributed by atoms with Gasteiger partial charge in [0.1, 0.15) is 6.26 Å². The van der Waals surface area contributed by atoms with Crippen LogP contribution >= 0.6 is 0 Å². The topological polar surface area (TPSA) is 38.1 Å². The van der Waals surface area contributed by atoms with E-state index >= 15 is 0 Å². The Balaban J connectivity index is 1.68. The van der Waals surface area contributed by atoms with Gasteiger partial charge >= 0.3 is 0 Å². The Kier molecular flexibility index (Phi) is 3.65. The first-order chi connectivity index (χ1) is 9.31. The van der Waals surface area contributed by atoms with E-state index in [1.165, 1.54) is 24.9 Å². The van der Waals surface area contributed by atoms with Gasteiger partial charge in [-0.15, -0.1) is 0 Å². The van der Waals surface area contributed by atoms with Crippen molar-refractivity contribution in [3.8, 4) is 11.5 Å². The molecule has 2 heterocycles. The summed E-state index contributed by atoms with van der Waals surface area (Å²) in [5.41, 5.74) is 3.38. The maximum Gasteiger partial charge on any atom is 0.226 e. The van der Waals surface area contributed by atoms with Crippen LogP contribution < -0.4 is 5.32 Å². The Morgan fingerprint density at radius 3 is 2.79 bits per heavy atom. The number of hydrogen-bond acceptors (Lipinski definition) is 3. The highest BCUT2D eigenvalue weighted by Gasteiger charge is 2.13. The summed E-state index contributed by atoms with van der Waals surface area (Å²) in [7, 11) is 0. The number of piperidine rings is 1. The third-order valence-electron chi connectivity index (χ3n) is 3.74. The first kappa shape index (κ1) is 12.4. The molecule has 1 atom stereocenters. The molecule has 0 radical (unpaired) electrons. The van der Waals surface area contributed by atoms with Crippen LogP contribution in [0.1, 0.15) is 24.1 Å². The summed E-state index contributed by atoms with van der Waals surface area (Å²) in [6.45, 7) is 4.27. The molecule has 1 saturated heterocycles. The van der Waals surface area contributed by atoms with Gasteiger partial charge in [-0.3, -0.25) is 0 Å². The van der Waals surface area contributed by atoms with E-state index in [-0.39, 0.29) is 0 Å². The van der Waals surface area contributed by atoms with Crippen molar-refractivity contribution in [2.24, 2.45) is 5.92 Å². The van der Waals surface area contributed by atoms with E-state index in [9.17, 15) is 0 Å². The van der Waals surface area contributed by atoms with Crippen LogP contribution in [0.5, 0.6) is 0 Å². The zero-order valence-corrected chi connectivity index (χ0v) is 11.4. The number of benzene rings is 1. The van der Waals surface area contributed by atoms with Gasteiger partial charge in [0.05, 0.1) is 5.69 Å². The first-order valence-electron chi connectivity index (χ1n) is 7.03. The number of nitrogens with one attached hydrogen (secondary N) is 1. The summed E-state index contributed by atoms with van der Waals surface area (Å²) in [5.74, 6) is 1.49. The molecule has 0 amide bonds. The summed E-state index contributed by atoms with van der Waals surface area (Å²) < 4.78 is 5.42. The fraction of sp³-hybridized carbons (Fsp3) is 0.438. The molecule has 0 saturated carbocycles. The predicted molar refractivity (Wildman–Crippen MR) is 76.0 cm³/mol. The maximum absolute atomic E-state index is 5.42. The standard InChI is InChI=1S/C16H20N2O/c1-12-11-19-16(18-12)15-6-4-13(5-7-15)9-14-3-2-8-17-10-14/h4-7,11,14,17H,2-3,8-10H2,1H3. The molecule has 0 spiro atoms. The molecule has 3 rings (SSSR count). The number of aromatic nitrogens is 1. The number of rotatable bonds is 3. The smallest absolute Gasteiger partial charge is 0.226 e. The lowest BCUT2D eigenvalue weighted by Gasteiger charge is -2.22. The van der Waals surface area contributed by atoms with E-state index in [4.69, 9.17) is 4.42 Å². The molecule has 100 valence electrons. The normalized spacial score (nSPS) is 19.5. The van der Waals surface area contributed by atoms with E-state index in [0.717, 1.165) is 30.1 Å². The van der Waals surface area contributed by atoms with Crippen LogP contribution in [-0.4, -0.2) is 18.1 Å². The maximum atomic E-state index is 5.42. The van der Waals surface area contributed by atoms with E-state index in [0.29, 0.717) is 5.89 Å². The van der Waals surface area contributed by atoms with Crippen LogP contribution in [0.4, 0.5) is 0 Å². The second-order valence-corrected chi connectivity index (χ2v) is 5.41. The van der Waals surface area contributed by atoms with Crippen LogP contribution in [0.2, 0.25) is 0 Å². The second-order valence-electron chi connectivity index (χ2n) is 5.41. The predicted octanol–water partition coefficient (Wildman–Crippen LogP) is 3.19. The van der Waals surface area contributed by atoms with Gasteiger partial charge in [0.25, 0.3) is 0 Å². The zero-order valence-electron chi connectivity index (χ0n) is 11.4. The second kappa shape index (κ2) is 5.57. The molecule has 2 aromatic rings. The van der Waals surface area contributed by atoms with Crippen LogP contribution in [0.3, 0.4) is 0 Å². The molecule has 0 aliphatic carbocycles. The lowest BCUT2D eigenvalue weighted by Crippen LogP contribution is -2.30. The molecule has 1 aromatic carbocycles. The Bertz CT molecular complexity index is 524. The van der Waals surface area contributed by atoms with Gasteiger partial charge in [0, 0.05) is 5.56 Å². The molecular weight excluding hydrogens is 236 g/mol. The number of aryl methyl sites for hydroxylation is 1. The molecule has 1 aliphatic heterocycles. The van der Waals surface area contributed by atoms with Crippen LogP contribution in [0, 0.1) is 12.8 Å². The van der Waals surface area contributed by atoms with Gasteiger partial charge in [-0.1, -0.05) is 12.1 Å². The number of hydrogen-bond donors (Lipinski definition) is 1. The Hall–Kier alpha value is -1.61. The number of oxazole rings is 1. The molecule has 1 fully saturated rings. The number of nitrogens with zero attached hydrogens (tertiary/aromatic N) is 1. The lowest BCUT2D eigenvalue weighted by molar-refractivity contribution is 0.376. The van der Waals surface area contributed by atoms with Gasteiger partial charge in [-0.05, 0) is 62.9 Å². The van der Waals surface area contributed by atoms with Crippen molar-refractivity contribution in [2.45, 2.75) is 26.2 Å². The highest BCUT2D eigenvalue weighted by Crippen LogP contribution is 2.21. The van der Waals surface area contributed by atoms with E-state index in [1.54, 1.807) is 6.26 Å². The molecule has 0 bridgehead atoms. The monoisotopic (exact) mass is 256 g/mol. The lowest BCUT2D eigenvalue weighted by atomic mass is 9.92. The van der Waals surface area contributed by atoms with Gasteiger partial charge in [-0.25, -0.2) is 4.98 Å². The van der Waals surface area contributed by atoms with Crippen LogP contribution in [0.25, 0.3) is 11.5 Å². The first-order valence-corrected chi connectivity index (χ1v) is 7.03. The minimum absolute atomic E-state index is 0.711. The van der Waals surface area contributed by atoms with Crippen molar-refractivity contribution in [1.29, 1.82) is 0 Å². The van der Waals surface area contributed by atoms with Crippen molar-refractivity contribution < 1.29 is 4.42 Å². The van der Waals surface area contributed by atoms with E-state index in [2.05, 4.69) is 34.6 Å². The molecule has 3 nitrogen and oxygen atoms in total. The molecule has 19 heavy (non-hydrogen) atoms. The SMILES string of the molecule is Cc1coc(-c2ccc(CC3CCCNC3)cc2)n1. The quantitative estimate of drug-likeness (QED) is 0.916. The van der Waals surface area contributed by atoms with Gasteiger partial charge in [-0.2, -0.15) is 0 Å².